The highest BCUT2D eigenvalue weighted by molar-refractivity contribution is 14.1. The second-order valence-electron chi connectivity index (χ2n) is 4.34. The summed E-state index contributed by atoms with van der Waals surface area (Å²) in [5, 5.41) is 0.507. The molecule has 5 nitrogen and oxygen atoms in total. The van der Waals surface area contributed by atoms with E-state index in [9.17, 15) is 14.4 Å². The minimum atomic E-state index is -0.747. The molecule has 0 aromatic heterocycles. The minimum Gasteiger partial charge on any atom is -0.324 e. The van der Waals surface area contributed by atoms with Crippen molar-refractivity contribution < 1.29 is 19.2 Å². The number of nitrogens with zero attached hydrogens (tertiary/aromatic N) is 1. The first-order valence-corrected chi connectivity index (χ1v) is 7.11. The van der Waals surface area contributed by atoms with Gasteiger partial charge in [-0.25, -0.2) is 4.79 Å². The van der Waals surface area contributed by atoms with Crippen LogP contribution in [0.1, 0.15) is 31.1 Å². The van der Waals surface area contributed by atoms with E-state index < -0.39 is 17.8 Å². The van der Waals surface area contributed by atoms with Gasteiger partial charge >= 0.3 is 5.97 Å². The standard InChI is InChI=1S/C15H8INO4/c16-10-5-3-4-9(8-10)15(20)21-17-13(18)11-6-1-2-7-12(11)14(17)19/h1-8H. The zero-order valence-electron chi connectivity index (χ0n) is 10.6. The van der Waals surface area contributed by atoms with E-state index >= 15 is 0 Å². The molecule has 104 valence electrons. The highest BCUT2D eigenvalue weighted by atomic mass is 127. The van der Waals surface area contributed by atoms with Gasteiger partial charge < -0.3 is 4.84 Å². The molecule has 0 spiro atoms. The molecule has 0 radical (unpaired) electrons. The fraction of sp³-hybridized carbons (Fsp3) is 0. The van der Waals surface area contributed by atoms with E-state index in [1.165, 1.54) is 12.1 Å². The van der Waals surface area contributed by atoms with Gasteiger partial charge in [0.15, 0.2) is 0 Å². The van der Waals surface area contributed by atoms with Gasteiger partial charge in [-0.2, -0.15) is 0 Å². The molecule has 3 rings (SSSR count). The molecular weight excluding hydrogens is 385 g/mol. The number of carbonyl (C=O) groups is 3. The van der Waals surface area contributed by atoms with Gasteiger partial charge in [0, 0.05) is 3.57 Å². The van der Waals surface area contributed by atoms with Crippen molar-refractivity contribution in [3.05, 3.63) is 68.8 Å². The third-order valence-electron chi connectivity index (χ3n) is 2.99. The van der Waals surface area contributed by atoms with Crippen LogP contribution in [-0.4, -0.2) is 22.8 Å². The first-order valence-electron chi connectivity index (χ1n) is 6.03. The lowest BCUT2D eigenvalue weighted by Gasteiger charge is -2.12. The van der Waals surface area contributed by atoms with Gasteiger partial charge in [-0.05, 0) is 52.9 Å². The smallest absolute Gasteiger partial charge is 0.324 e. The van der Waals surface area contributed by atoms with Crippen LogP contribution >= 0.6 is 22.6 Å². The summed E-state index contributed by atoms with van der Waals surface area (Å²) in [5.74, 6) is -2.01. The third kappa shape index (κ3) is 2.42. The molecule has 0 unspecified atom stereocenters. The van der Waals surface area contributed by atoms with Gasteiger partial charge in [-0.3, -0.25) is 9.59 Å². The number of rotatable bonds is 2. The van der Waals surface area contributed by atoms with Crippen LogP contribution in [0.15, 0.2) is 48.5 Å². The number of imide groups is 1. The van der Waals surface area contributed by atoms with E-state index in [0.29, 0.717) is 5.06 Å². The molecule has 2 aromatic carbocycles. The molecule has 1 aliphatic rings. The second kappa shape index (κ2) is 5.28. The van der Waals surface area contributed by atoms with Crippen molar-refractivity contribution in [2.24, 2.45) is 0 Å². The van der Waals surface area contributed by atoms with Crippen LogP contribution in [0.5, 0.6) is 0 Å². The summed E-state index contributed by atoms with van der Waals surface area (Å²) >= 11 is 2.06. The van der Waals surface area contributed by atoms with Crippen LogP contribution in [0, 0.1) is 3.57 Å². The Labute approximate surface area is 133 Å². The molecule has 0 aliphatic carbocycles. The largest absolute Gasteiger partial charge is 0.363 e. The fourth-order valence-electron chi connectivity index (χ4n) is 2.00. The molecule has 0 atom stereocenters. The van der Waals surface area contributed by atoms with Crippen LogP contribution in [0.3, 0.4) is 0 Å². The zero-order valence-corrected chi connectivity index (χ0v) is 12.7. The lowest BCUT2D eigenvalue weighted by atomic mass is 10.1. The Morgan fingerprint density at radius 3 is 2.14 bits per heavy atom. The van der Waals surface area contributed by atoms with Crippen LogP contribution < -0.4 is 0 Å². The van der Waals surface area contributed by atoms with Crippen LogP contribution in [-0.2, 0) is 4.84 Å². The fourth-order valence-corrected chi connectivity index (χ4v) is 2.54. The first-order chi connectivity index (χ1) is 10.1. The maximum absolute atomic E-state index is 12.1. The maximum atomic E-state index is 12.1. The van der Waals surface area contributed by atoms with Crippen molar-refractivity contribution in [2.45, 2.75) is 0 Å². The Hall–Kier alpha value is -2.22. The number of benzene rings is 2. The van der Waals surface area contributed by atoms with E-state index in [1.54, 1.807) is 30.3 Å². The minimum absolute atomic E-state index is 0.234. The number of hydroxylamine groups is 2. The van der Waals surface area contributed by atoms with Gasteiger partial charge in [-0.15, -0.1) is 0 Å². The number of halogens is 1. The van der Waals surface area contributed by atoms with E-state index in [0.717, 1.165) is 3.57 Å². The van der Waals surface area contributed by atoms with Crippen molar-refractivity contribution in [2.75, 3.05) is 0 Å². The van der Waals surface area contributed by atoms with Crippen molar-refractivity contribution in [3.8, 4) is 0 Å². The summed E-state index contributed by atoms with van der Waals surface area (Å²) in [6, 6.07) is 13.0. The Kier molecular flexibility index (Phi) is 3.46. The van der Waals surface area contributed by atoms with Gasteiger partial charge in [0.05, 0.1) is 16.7 Å². The van der Waals surface area contributed by atoms with Crippen LogP contribution in [0.25, 0.3) is 0 Å². The quantitative estimate of drug-likeness (QED) is 0.582. The number of carbonyl (C=O) groups excluding carboxylic acids is 3. The molecule has 0 saturated heterocycles. The normalized spacial score (nSPS) is 13.3. The molecule has 2 aromatic rings. The SMILES string of the molecule is O=C(ON1C(=O)c2ccccc2C1=O)c1cccc(I)c1. The van der Waals surface area contributed by atoms with Crippen LogP contribution in [0.4, 0.5) is 0 Å². The highest BCUT2D eigenvalue weighted by Gasteiger charge is 2.38. The van der Waals surface area contributed by atoms with Crippen molar-refractivity contribution in [1.29, 1.82) is 0 Å². The van der Waals surface area contributed by atoms with Crippen LogP contribution in [0.2, 0.25) is 0 Å². The van der Waals surface area contributed by atoms with Gasteiger partial charge in [-0.1, -0.05) is 23.3 Å². The van der Waals surface area contributed by atoms with E-state index in [4.69, 9.17) is 4.84 Å². The summed E-state index contributed by atoms with van der Waals surface area (Å²) in [4.78, 5) is 41.1. The predicted molar refractivity (Wildman–Crippen MR) is 81.5 cm³/mol. The lowest BCUT2D eigenvalue weighted by molar-refractivity contribution is -0.0584. The molecule has 0 bridgehead atoms. The molecule has 6 heteroatoms. The second-order valence-corrected chi connectivity index (χ2v) is 5.58. The summed E-state index contributed by atoms with van der Waals surface area (Å²) < 4.78 is 0.851. The van der Waals surface area contributed by atoms with Crippen molar-refractivity contribution in [1.82, 2.24) is 5.06 Å². The topological polar surface area (TPSA) is 63.7 Å². The Balaban J connectivity index is 1.85. The summed E-state index contributed by atoms with van der Waals surface area (Å²) in [7, 11) is 0. The Morgan fingerprint density at radius 2 is 1.57 bits per heavy atom. The van der Waals surface area contributed by atoms with Gasteiger partial charge in [0.2, 0.25) is 0 Å². The zero-order chi connectivity index (χ0) is 15.0. The monoisotopic (exact) mass is 393 g/mol. The average molecular weight is 393 g/mol. The van der Waals surface area contributed by atoms with E-state index in [1.807, 2.05) is 6.07 Å². The molecule has 21 heavy (non-hydrogen) atoms. The molecule has 2 amide bonds. The maximum Gasteiger partial charge on any atom is 0.363 e. The Bertz CT molecular complexity index is 737. The average Bonchev–Trinajstić information content (AvgIpc) is 2.73. The van der Waals surface area contributed by atoms with Gasteiger partial charge in [0.25, 0.3) is 11.8 Å². The molecule has 1 aliphatic heterocycles. The Morgan fingerprint density at radius 1 is 0.952 bits per heavy atom. The molecular formula is C15H8INO4. The van der Waals surface area contributed by atoms with E-state index in [-0.39, 0.29) is 16.7 Å². The molecule has 1 heterocycles. The number of hydrogen-bond acceptors (Lipinski definition) is 4. The number of fused-ring (bicyclic) bond motifs is 1. The van der Waals surface area contributed by atoms with E-state index in [2.05, 4.69) is 22.6 Å². The number of hydrogen-bond donors (Lipinski definition) is 0. The van der Waals surface area contributed by atoms with Crippen molar-refractivity contribution in [3.63, 3.8) is 0 Å². The highest BCUT2D eigenvalue weighted by Crippen LogP contribution is 2.23. The molecule has 0 N–H and O–H groups in total. The number of amides is 2. The molecule has 0 fully saturated rings. The summed E-state index contributed by atoms with van der Waals surface area (Å²) in [5.41, 5.74) is 0.745. The predicted octanol–water partition coefficient (Wildman–Crippen LogP) is 2.66. The third-order valence-corrected chi connectivity index (χ3v) is 3.66. The van der Waals surface area contributed by atoms with Crippen molar-refractivity contribution >= 4 is 40.4 Å². The lowest BCUT2D eigenvalue weighted by Crippen LogP contribution is -2.32. The summed E-state index contributed by atoms with van der Waals surface area (Å²) in [6.07, 6.45) is 0. The molecule has 0 saturated carbocycles. The summed E-state index contributed by atoms with van der Waals surface area (Å²) in [6.45, 7) is 0. The first kappa shape index (κ1) is 13.7. The van der Waals surface area contributed by atoms with Gasteiger partial charge in [0.1, 0.15) is 0 Å².